The minimum Gasteiger partial charge on any atom is -0.444 e. The average Bonchev–Trinajstić information content (AvgIpc) is 0.833. The maximum Gasteiger partial charge on any atom is 0.488 e. The van der Waals surface area contributed by atoms with E-state index in [1.54, 1.807) is 141 Å². The number of carbonyl (C=O) groups is 4. The van der Waals surface area contributed by atoms with E-state index in [1.807, 2.05) is 142 Å². The van der Waals surface area contributed by atoms with Gasteiger partial charge in [0.2, 0.25) is 29.1 Å². The number of nitrogens with one attached hydrogen (secondary N) is 6. The van der Waals surface area contributed by atoms with Crippen molar-refractivity contribution in [3.63, 3.8) is 0 Å². The van der Waals surface area contributed by atoms with Gasteiger partial charge in [-0.2, -0.15) is 0 Å². The maximum absolute atomic E-state index is 11.8. The molecule has 5 heterocycles. The number of nitrogens with two attached hydrogens (primary N) is 2. The number of nitrogen functional groups attached to an aromatic ring is 1. The molecule has 0 aliphatic carbocycles. The Morgan fingerprint density at radius 3 is 0.934 bits per heavy atom. The molecule has 5 aromatic carbocycles. The summed E-state index contributed by atoms with van der Waals surface area (Å²) in [5.41, 5.74) is 19.9. The van der Waals surface area contributed by atoms with Gasteiger partial charge in [0, 0.05) is 63.5 Å². The Kier molecular flexibility index (Phi) is 41.9. The minimum absolute atomic E-state index is 0. The van der Waals surface area contributed by atoms with Crippen molar-refractivity contribution in [3.05, 3.63) is 256 Å². The van der Waals surface area contributed by atoms with Crippen LogP contribution in [0.1, 0.15) is 99.8 Å². The molecule has 0 aliphatic heterocycles. The number of benzene rings is 5. The molecule has 5 aromatic heterocycles. The first-order chi connectivity index (χ1) is 55.8. The van der Waals surface area contributed by atoms with Crippen molar-refractivity contribution < 1.29 is 89.9 Å². The van der Waals surface area contributed by atoms with E-state index in [0.717, 1.165) is 69.1 Å². The van der Waals surface area contributed by atoms with Gasteiger partial charge in [-0.3, -0.25) is 21.3 Å². The van der Waals surface area contributed by atoms with Gasteiger partial charge in [-0.05, 0) is 187 Å². The molecule has 0 atom stereocenters. The molecule has 0 saturated heterocycles. The molecule has 121 heavy (non-hydrogen) atoms. The Hall–Kier alpha value is -11.3. The maximum atomic E-state index is 11.8. The second-order valence-electron chi connectivity index (χ2n) is 29.4. The van der Waals surface area contributed by atoms with Gasteiger partial charge >= 0.3 is 31.5 Å². The smallest absolute Gasteiger partial charge is 0.444 e. The van der Waals surface area contributed by atoms with Crippen molar-refractivity contribution in [2.24, 2.45) is 5.73 Å². The van der Waals surface area contributed by atoms with Crippen LogP contribution >= 0.6 is 26.6 Å². The van der Waals surface area contributed by atoms with Crippen molar-refractivity contribution in [3.8, 4) is 45.0 Å². The number of anilines is 5. The monoisotopic (exact) mass is 1840 g/mol. The number of sulfonamides is 2. The van der Waals surface area contributed by atoms with Crippen LogP contribution in [0.25, 0.3) is 54.7 Å². The number of hydrogen-bond acceptors (Lipinski definition) is 23. The molecule has 0 unspecified atom stereocenters. The molecule has 0 fully saturated rings. The molecule has 10 rings (SSSR count). The van der Waals surface area contributed by atoms with Gasteiger partial charge in [-0.25, -0.2) is 88.5 Å². The third-order valence-electron chi connectivity index (χ3n) is 13.9. The summed E-state index contributed by atoms with van der Waals surface area (Å²) in [4.78, 5) is 74.7. The molecule has 4 amide bonds. The number of carbonyl (C=O) groups excluding carboxylic acids is 4. The van der Waals surface area contributed by atoms with Crippen LogP contribution in [0.4, 0.5) is 59.6 Å². The third kappa shape index (κ3) is 46.7. The predicted molar refractivity (Wildman–Crippen MR) is 475 cm³/mol. The van der Waals surface area contributed by atoms with E-state index in [-0.39, 0.29) is 29.6 Å². The quantitative estimate of drug-likeness (QED) is 0.0141. The number of amides is 4. The van der Waals surface area contributed by atoms with Crippen LogP contribution in [0.15, 0.2) is 217 Å². The summed E-state index contributed by atoms with van der Waals surface area (Å²) in [6.07, 6.45) is 1.05. The van der Waals surface area contributed by atoms with E-state index in [0.29, 0.717) is 68.5 Å². The Bertz CT molecular complexity index is 5460. The Morgan fingerprint density at radius 1 is 0.421 bits per heavy atom. The molecule has 12 N–H and O–H groups in total. The standard InChI is InChI=1S/C18H23N3O4S.C17H17N3O2.C17H21N3O2.C13H15N3O2S.C10H13BrN2O2.C7H6BNO2.CH3ClO2S.Ni/c1-18(2,3)25-17(22)21-16-7-5-6-15(20-16)14-10-8-13(9-11-14)12-19-26(4,23)24;1-17(2,3)22-16(21)20-15-7-5-6-14(19-15)12-8-10-13(18-4)11-9-12;1-17(2,3)22-16(21)20-15-6-4-5-14(19-15)13-9-7-12(11-18)8-10-13;1-19(17,18)15-9-10-5-7-11(8-6-10)12-3-2-4-13(14)16-12;1-10(2,3)15-9(14)13-8-6-4-5-7(11)12-8;1-9-7-4-2-6(3-5-7)8(10)11;1-5(2,3)4;/h5-11,19H,12H2,1-4H3,(H,20,21,22);5-11H,1-3H3,(H,19,20,21);4-10H,11,18H2,1-3H3,(H,19,20,21);2-8,15H,9H2,1H3,(H2,14,16);4-6H,1-3H3,(H,12,13,14);2-5,10-11H;1H3;. The van der Waals surface area contributed by atoms with Crippen LogP contribution in [0, 0.1) is 13.1 Å². The van der Waals surface area contributed by atoms with Crippen LogP contribution in [-0.4, -0.2) is 133 Å². The van der Waals surface area contributed by atoms with Crippen molar-refractivity contribution in [1.82, 2.24) is 34.4 Å². The van der Waals surface area contributed by atoms with Crippen LogP contribution in [0.5, 0.6) is 0 Å². The van der Waals surface area contributed by atoms with E-state index in [9.17, 15) is 44.4 Å². The number of pyridine rings is 5. The first kappa shape index (κ1) is 104. The van der Waals surface area contributed by atoms with Crippen molar-refractivity contribution in [2.75, 3.05) is 45.8 Å². The summed E-state index contributed by atoms with van der Waals surface area (Å²) < 4.78 is 89.3. The second kappa shape index (κ2) is 48.8. The summed E-state index contributed by atoms with van der Waals surface area (Å²) in [5, 5.41) is 27.7. The minimum atomic E-state index is -3.23. The first-order valence-corrected chi connectivity index (χ1v) is 43.4. The first-order valence-electron chi connectivity index (χ1n) is 36.2. The van der Waals surface area contributed by atoms with Crippen LogP contribution in [0.3, 0.4) is 0 Å². The van der Waals surface area contributed by atoms with Gasteiger partial charge < -0.3 is 40.5 Å². The summed E-state index contributed by atoms with van der Waals surface area (Å²) in [6.45, 7) is 36.2. The molecular weight excluding hydrogens is 1740 g/mol. The molecule has 0 saturated carbocycles. The summed E-state index contributed by atoms with van der Waals surface area (Å²) in [7, 11) is -6.54. The zero-order valence-electron chi connectivity index (χ0n) is 69.1. The topological polar surface area (TPSA) is 445 Å². The van der Waals surface area contributed by atoms with E-state index in [2.05, 4.69) is 91.9 Å². The van der Waals surface area contributed by atoms with Gasteiger partial charge in [0.15, 0.2) is 11.4 Å². The van der Waals surface area contributed by atoms with Gasteiger partial charge in [0.05, 0.1) is 54.7 Å². The van der Waals surface area contributed by atoms with Crippen molar-refractivity contribution in [1.29, 1.82) is 0 Å². The zero-order valence-corrected chi connectivity index (χ0v) is 74.9. The Balaban J connectivity index is 0.000000375. The number of aromatic nitrogens is 5. The fourth-order valence-electron chi connectivity index (χ4n) is 8.97. The number of hydrogen-bond donors (Lipinski definition) is 10. The third-order valence-corrected chi connectivity index (χ3v) is 15.7. The molecular formula is C83H98BBrClN15NiO16S3. The van der Waals surface area contributed by atoms with E-state index < -0.39 is 83.0 Å². The van der Waals surface area contributed by atoms with Gasteiger partial charge in [0.1, 0.15) is 56.1 Å². The zero-order chi connectivity index (χ0) is 89.8. The van der Waals surface area contributed by atoms with Gasteiger partial charge in [-0.1, -0.05) is 152 Å². The second-order valence-corrected chi connectivity index (χ2v) is 36.9. The predicted octanol–water partition coefficient (Wildman–Crippen LogP) is 16.0. The van der Waals surface area contributed by atoms with E-state index >= 15 is 0 Å². The Labute approximate surface area is 730 Å². The van der Waals surface area contributed by atoms with E-state index in [4.69, 9.17) is 53.6 Å². The van der Waals surface area contributed by atoms with E-state index in [1.165, 1.54) is 12.1 Å². The van der Waals surface area contributed by atoms with Crippen LogP contribution in [0.2, 0.25) is 0 Å². The number of nitrogens with zero attached hydrogens (tertiary/aromatic N) is 7. The normalized spacial score (nSPS) is 10.9. The molecule has 0 bridgehead atoms. The van der Waals surface area contributed by atoms with Crippen molar-refractivity contribution >= 4 is 133 Å². The van der Waals surface area contributed by atoms with Crippen LogP contribution in [-0.2, 0) is 84.2 Å². The molecule has 0 radical (unpaired) electrons. The summed E-state index contributed by atoms with van der Waals surface area (Å²) >= 11 is 3.21. The average molecular weight is 1840 g/mol. The molecule has 0 spiro atoms. The number of ether oxygens (including phenoxy) is 4. The molecule has 0 aliphatic rings. The van der Waals surface area contributed by atoms with Crippen LogP contribution < -0.4 is 47.6 Å². The van der Waals surface area contributed by atoms with Gasteiger partial charge in [0.25, 0.3) is 0 Å². The SMILES string of the molecule is CC(C)(C)OC(=O)Nc1cccc(-c2ccc(CN)cc2)n1.CC(C)(C)OC(=O)Nc1cccc(-c2ccc(CNS(C)(=O)=O)cc2)n1.CC(C)(C)OC(=O)Nc1cccc(Br)n1.CS(=O)(=O)Cl.CS(=O)(=O)NCc1ccc(-c2cccc(N)n2)cc1.[C-]#[N+]c1ccc(-c2cccc(NC(=O)OC(C)(C)C)n2)cc1.[C-]#[N+]c1ccc(B(O)O)cc1.[Ni]. The number of rotatable bonds is 16. The molecule has 38 heteroatoms. The molecule has 31 nitrogen and oxygen atoms in total. The number of halogens is 2. The largest absolute Gasteiger partial charge is 0.488 e. The fraction of sp³-hybridized carbons (Fsp3) is 0.265. The van der Waals surface area contributed by atoms with Gasteiger partial charge in [-0.15, -0.1) is 0 Å². The fourth-order valence-corrected chi connectivity index (χ4v) is 10.2. The molecule has 646 valence electrons. The summed E-state index contributed by atoms with van der Waals surface area (Å²) in [5.74, 6) is 2.19. The molecule has 10 aromatic rings. The summed E-state index contributed by atoms with van der Waals surface area (Å²) in [6, 6.07) is 62.7. The Morgan fingerprint density at radius 2 is 0.678 bits per heavy atom. The van der Waals surface area contributed by atoms with Crippen molar-refractivity contribution in [2.45, 2.75) is 125 Å².